The molecule has 29 heavy (non-hydrogen) atoms. The Morgan fingerprint density at radius 1 is 1.00 bits per heavy atom. The average Bonchev–Trinajstić information content (AvgIpc) is 2.75. The number of hydrogen-bond donors (Lipinski definition) is 1. The Bertz CT molecular complexity index is 791. The van der Waals surface area contributed by atoms with Crippen LogP contribution in [0.3, 0.4) is 0 Å². The third-order valence-corrected chi connectivity index (χ3v) is 4.40. The van der Waals surface area contributed by atoms with Crippen molar-refractivity contribution in [2.75, 3.05) is 56.3 Å². The van der Waals surface area contributed by atoms with Crippen molar-refractivity contribution in [2.45, 2.75) is 13.8 Å². The third-order valence-electron chi connectivity index (χ3n) is 4.40. The molecular weight excluding hydrogens is 372 g/mol. The molecule has 0 radical (unpaired) electrons. The van der Waals surface area contributed by atoms with Gasteiger partial charge in [0.05, 0.1) is 37.8 Å². The molecular formula is C22H28N2O5. The summed E-state index contributed by atoms with van der Waals surface area (Å²) in [6, 6.07) is 13.0. The van der Waals surface area contributed by atoms with E-state index in [1.807, 2.05) is 56.3 Å². The normalized spacial score (nSPS) is 13.7. The highest BCUT2D eigenvalue weighted by atomic mass is 16.5. The van der Waals surface area contributed by atoms with Crippen LogP contribution < -0.4 is 24.4 Å². The summed E-state index contributed by atoms with van der Waals surface area (Å²) in [4.78, 5) is 14.6. The lowest BCUT2D eigenvalue weighted by Gasteiger charge is -2.31. The van der Waals surface area contributed by atoms with Crippen LogP contribution in [0.15, 0.2) is 42.5 Å². The number of morpholine rings is 1. The van der Waals surface area contributed by atoms with Crippen molar-refractivity contribution in [3.8, 4) is 17.2 Å². The predicted molar refractivity (Wildman–Crippen MR) is 112 cm³/mol. The van der Waals surface area contributed by atoms with E-state index in [1.54, 1.807) is 0 Å². The van der Waals surface area contributed by atoms with E-state index in [-0.39, 0.29) is 12.5 Å². The Morgan fingerprint density at radius 2 is 1.69 bits per heavy atom. The zero-order valence-electron chi connectivity index (χ0n) is 17.0. The summed E-state index contributed by atoms with van der Waals surface area (Å²) in [7, 11) is 0. The lowest BCUT2D eigenvalue weighted by molar-refractivity contribution is -0.118. The average molecular weight is 400 g/mol. The van der Waals surface area contributed by atoms with Gasteiger partial charge in [0, 0.05) is 25.2 Å². The van der Waals surface area contributed by atoms with E-state index in [4.69, 9.17) is 18.9 Å². The highest BCUT2D eigenvalue weighted by Crippen LogP contribution is 2.39. The second-order valence-corrected chi connectivity index (χ2v) is 6.43. The molecule has 1 aliphatic heterocycles. The molecule has 1 amide bonds. The zero-order chi connectivity index (χ0) is 20.5. The van der Waals surface area contributed by atoms with Crippen molar-refractivity contribution < 1.29 is 23.7 Å². The van der Waals surface area contributed by atoms with Crippen LogP contribution in [0.2, 0.25) is 0 Å². The first-order chi connectivity index (χ1) is 14.2. The van der Waals surface area contributed by atoms with Crippen LogP contribution in [0.1, 0.15) is 13.8 Å². The quantitative estimate of drug-likeness (QED) is 0.696. The molecule has 1 saturated heterocycles. The molecule has 1 heterocycles. The van der Waals surface area contributed by atoms with E-state index in [9.17, 15) is 4.79 Å². The van der Waals surface area contributed by atoms with Crippen molar-refractivity contribution >= 4 is 17.3 Å². The number of hydrogen-bond acceptors (Lipinski definition) is 6. The molecule has 0 bridgehead atoms. The zero-order valence-corrected chi connectivity index (χ0v) is 17.0. The van der Waals surface area contributed by atoms with Gasteiger partial charge in [-0.25, -0.2) is 0 Å². The number of carbonyl (C=O) groups excluding carboxylic acids is 1. The van der Waals surface area contributed by atoms with Crippen LogP contribution >= 0.6 is 0 Å². The number of benzene rings is 2. The summed E-state index contributed by atoms with van der Waals surface area (Å²) in [5, 5.41) is 2.88. The van der Waals surface area contributed by atoms with Gasteiger partial charge in [-0.05, 0) is 26.0 Å². The molecule has 1 fully saturated rings. The maximum Gasteiger partial charge on any atom is 0.262 e. The molecule has 0 spiro atoms. The van der Waals surface area contributed by atoms with Gasteiger partial charge in [-0.15, -0.1) is 0 Å². The second kappa shape index (κ2) is 10.6. The lowest BCUT2D eigenvalue weighted by Crippen LogP contribution is -2.36. The van der Waals surface area contributed by atoms with Crippen LogP contribution in [0, 0.1) is 0 Å². The standard InChI is InChI=1S/C22H28N2O5/c1-3-27-20-15-19(24-10-12-26-13-11-24)21(28-4-2)14-18(20)23-22(25)16-29-17-8-6-5-7-9-17/h5-9,14-15H,3-4,10-13,16H2,1-2H3,(H,23,25). The first-order valence-corrected chi connectivity index (χ1v) is 9.95. The molecule has 156 valence electrons. The number of ether oxygens (including phenoxy) is 4. The first-order valence-electron chi connectivity index (χ1n) is 9.95. The summed E-state index contributed by atoms with van der Waals surface area (Å²) in [6.07, 6.45) is 0. The van der Waals surface area contributed by atoms with Crippen LogP contribution in [0.4, 0.5) is 11.4 Å². The first kappa shape index (κ1) is 20.8. The number of nitrogens with one attached hydrogen (secondary N) is 1. The molecule has 7 nitrogen and oxygen atoms in total. The molecule has 3 rings (SSSR count). The molecule has 0 unspecified atom stereocenters. The topological polar surface area (TPSA) is 69.3 Å². The molecule has 1 N–H and O–H groups in total. The van der Waals surface area contributed by atoms with Gasteiger partial charge in [-0.1, -0.05) is 18.2 Å². The van der Waals surface area contributed by atoms with E-state index in [1.165, 1.54) is 0 Å². The number of amides is 1. The second-order valence-electron chi connectivity index (χ2n) is 6.43. The Balaban J connectivity index is 1.78. The largest absolute Gasteiger partial charge is 0.492 e. The molecule has 0 aliphatic carbocycles. The third kappa shape index (κ3) is 5.77. The van der Waals surface area contributed by atoms with Crippen LogP contribution in [0.25, 0.3) is 0 Å². The number of rotatable bonds is 9. The minimum atomic E-state index is -0.267. The van der Waals surface area contributed by atoms with Crippen molar-refractivity contribution in [3.63, 3.8) is 0 Å². The van der Waals surface area contributed by atoms with Crippen LogP contribution in [0.5, 0.6) is 17.2 Å². The van der Waals surface area contributed by atoms with Crippen LogP contribution in [-0.2, 0) is 9.53 Å². The molecule has 0 atom stereocenters. The Hall–Kier alpha value is -2.93. The number of carbonyl (C=O) groups is 1. The van der Waals surface area contributed by atoms with Crippen molar-refractivity contribution in [2.24, 2.45) is 0 Å². The number of anilines is 2. The Labute approximate surface area is 171 Å². The summed E-state index contributed by atoms with van der Waals surface area (Å²) in [5.74, 6) is 1.68. The Kier molecular flexibility index (Phi) is 7.58. The predicted octanol–water partition coefficient (Wildman–Crippen LogP) is 3.34. The van der Waals surface area contributed by atoms with E-state index < -0.39 is 0 Å². The van der Waals surface area contributed by atoms with Gasteiger partial charge in [0.25, 0.3) is 5.91 Å². The highest BCUT2D eigenvalue weighted by molar-refractivity contribution is 5.94. The SMILES string of the molecule is CCOc1cc(N2CCOCC2)c(OCC)cc1NC(=O)COc1ccccc1. The van der Waals surface area contributed by atoms with E-state index in [2.05, 4.69) is 10.2 Å². The van der Waals surface area contributed by atoms with E-state index in [0.29, 0.717) is 49.4 Å². The van der Waals surface area contributed by atoms with Gasteiger partial charge in [0.2, 0.25) is 0 Å². The van der Waals surface area contributed by atoms with E-state index >= 15 is 0 Å². The summed E-state index contributed by atoms with van der Waals surface area (Å²) in [6.45, 7) is 7.67. The van der Waals surface area contributed by atoms with Gasteiger partial charge < -0.3 is 29.2 Å². The molecule has 1 aliphatic rings. The smallest absolute Gasteiger partial charge is 0.262 e. The summed E-state index contributed by atoms with van der Waals surface area (Å²) in [5.41, 5.74) is 1.51. The number of nitrogens with zero attached hydrogens (tertiary/aromatic N) is 1. The van der Waals surface area contributed by atoms with Crippen molar-refractivity contribution in [1.29, 1.82) is 0 Å². The van der Waals surface area contributed by atoms with Gasteiger partial charge >= 0.3 is 0 Å². The molecule has 0 saturated carbocycles. The minimum Gasteiger partial charge on any atom is -0.492 e. The van der Waals surface area contributed by atoms with Crippen molar-refractivity contribution in [3.05, 3.63) is 42.5 Å². The maximum absolute atomic E-state index is 12.4. The summed E-state index contributed by atoms with van der Waals surface area (Å²) >= 11 is 0. The fourth-order valence-corrected chi connectivity index (χ4v) is 3.10. The maximum atomic E-state index is 12.4. The monoisotopic (exact) mass is 400 g/mol. The molecule has 2 aromatic rings. The van der Waals surface area contributed by atoms with E-state index in [0.717, 1.165) is 18.8 Å². The molecule has 7 heteroatoms. The van der Waals surface area contributed by atoms with Crippen molar-refractivity contribution in [1.82, 2.24) is 0 Å². The Morgan fingerprint density at radius 3 is 2.38 bits per heavy atom. The summed E-state index contributed by atoms with van der Waals surface area (Å²) < 4.78 is 22.6. The van der Waals surface area contributed by atoms with Gasteiger partial charge in [0.1, 0.15) is 17.2 Å². The van der Waals surface area contributed by atoms with Gasteiger partial charge in [0.15, 0.2) is 6.61 Å². The van der Waals surface area contributed by atoms with Gasteiger partial charge in [-0.3, -0.25) is 4.79 Å². The minimum absolute atomic E-state index is 0.0925. The van der Waals surface area contributed by atoms with Crippen LogP contribution in [-0.4, -0.2) is 52.0 Å². The molecule has 0 aromatic heterocycles. The fourth-order valence-electron chi connectivity index (χ4n) is 3.10. The lowest BCUT2D eigenvalue weighted by atomic mass is 10.2. The fraction of sp³-hybridized carbons (Fsp3) is 0.409. The number of para-hydroxylation sites is 1. The van der Waals surface area contributed by atoms with Gasteiger partial charge in [-0.2, -0.15) is 0 Å². The highest BCUT2D eigenvalue weighted by Gasteiger charge is 2.20. The molecule has 2 aromatic carbocycles.